The summed E-state index contributed by atoms with van der Waals surface area (Å²) in [7, 11) is 0. The van der Waals surface area contributed by atoms with E-state index in [0.29, 0.717) is 5.88 Å². The van der Waals surface area contributed by atoms with E-state index in [2.05, 4.69) is 9.97 Å². The van der Waals surface area contributed by atoms with Crippen molar-refractivity contribution in [3.8, 4) is 0 Å². The van der Waals surface area contributed by atoms with E-state index >= 15 is 0 Å². The normalized spacial score (nSPS) is 9.56. The van der Waals surface area contributed by atoms with Crippen molar-refractivity contribution in [3.63, 3.8) is 0 Å². The summed E-state index contributed by atoms with van der Waals surface area (Å²) in [6.07, 6.45) is 3.37. The van der Waals surface area contributed by atoms with Gasteiger partial charge in [0.15, 0.2) is 0 Å². The zero-order valence-electron chi connectivity index (χ0n) is 5.13. The average Bonchev–Trinajstić information content (AvgIpc) is 1.88. The quantitative estimate of drug-likeness (QED) is 0.556. The van der Waals surface area contributed by atoms with E-state index in [9.17, 15) is 0 Å². The Balaban J connectivity index is 2.94. The predicted octanol–water partition coefficient (Wildman–Crippen LogP) is 1.52. The van der Waals surface area contributed by atoms with Crippen molar-refractivity contribution in [3.05, 3.63) is 23.8 Å². The van der Waals surface area contributed by atoms with Gasteiger partial charge in [-0.3, -0.25) is 9.97 Å². The summed E-state index contributed by atoms with van der Waals surface area (Å²) in [5.41, 5.74) is 1.74. The lowest BCUT2D eigenvalue weighted by atomic mass is 10.4. The van der Waals surface area contributed by atoms with Crippen LogP contribution in [-0.2, 0) is 5.88 Å². The summed E-state index contributed by atoms with van der Waals surface area (Å²) in [5.74, 6) is 0.439. The summed E-state index contributed by atoms with van der Waals surface area (Å²) >= 11 is 5.50. The lowest BCUT2D eigenvalue weighted by molar-refractivity contribution is 1.04. The van der Waals surface area contributed by atoms with Gasteiger partial charge in [0.25, 0.3) is 0 Å². The van der Waals surface area contributed by atoms with E-state index in [-0.39, 0.29) is 0 Å². The fraction of sp³-hybridized carbons (Fsp3) is 0.333. The molecule has 0 N–H and O–H groups in total. The molecule has 0 atom stereocenters. The molecule has 1 aromatic rings. The number of halogens is 1. The Bertz CT molecular complexity index is 200. The van der Waals surface area contributed by atoms with Crippen LogP contribution in [0.5, 0.6) is 0 Å². The van der Waals surface area contributed by atoms with Crippen LogP contribution in [0.1, 0.15) is 11.4 Å². The minimum absolute atomic E-state index is 0.439. The lowest BCUT2D eigenvalue weighted by Gasteiger charge is -1.92. The van der Waals surface area contributed by atoms with E-state index in [4.69, 9.17) is 11.6 Å². The Morgan fingerprint density at radius 3 is 2.78 bits per heavy atom. The molecular formula is C6H7ClN2. The highest BCUT2D eigenvalue weighted by Crippen LogP contribution is 1.97. The molecule has 1 aromatic heterocycles. The van der Waals surface area contributed by atoms with Gasteiger partial charge in [-0.15, -0.1) is 11.6 Å². The van der Waals surface area contributed by atoms with Gasteiger partial charge in [0.1, 0.15) is 0 Å². The van der Waals surface area contributed by atoms with Crippen LogP contribution < -0.4 is 0 Å². The molecule has 2 nitrogen and oxygen atoms in total. The van der Waals surface area contributed by atoms with Crippen molar-refractivity contribution in [1.29, 1.82) is 0 Å². The van der Waals surface area contributed by atoms with Crippen LogP contribution in [0.15, 0.2) is 12.4 Å². The largest absolute Gasteiger partial charge is 0.261 e. The van der Waals surface area contributed by atoms with Gasteiger partial charge in [-0.1, -0.05) is 0 Å². The fourth-order valence-electron chi connectivity index (χ4n) is 0.580. The Hall–Kier alpha value is -0.630. The monoisotopic (exact) mass is 142 g/mol. The first-order valence-electron chi connectivity index (χ1n) is 2.66. The molecular weight excluding hydrogens is 136 g/mol. The van der Waals surface area contributed by atoms with Crippen molar-refractivity contribution < 1.29 is 0 Å². The first kappa shape index (κ1) is 6.49. The van der Waals surface area contributed by atoms with Crippen LogP contribution in [0.2, 0.25) is 0 Å². The Morgan fingerprint density at radius 2 is 2.33 bits per heavy atom. The number of hydrogen-bond acceptors (Lipinski definition) is 2. The lowest BCUT2D eigenvalue weighted by Crippen LogP contribution is -1.88. The summed E-state index contributed by atoms with van der Waals surface area (Å²) in [6.45, 7) is 1.89. The first-order chi connectivity index (χ1) is 4.33. The molecule has 0 aliphatic rings. The molecule has 1 heterocycles. The summed E-state index contributed by atoms with van der Waals surface area (Å²) in [5, 5.41) is 0. The molecule has 0 amide bonds. The van der Waals surface area contributed by atoms with Gasteiger partial charge in [-0.2, -0.15) is 0 Å². The van der Waals surface area contributed by atoms with Gasteiger partial charge in [-0.05, 0) is 6.92 Å². The van der Waals surface area contributed by atoms with Crippen molar-refractivity contribution in [2.75, 3.05) is 0 Å². The minimum atomic E-state index is 0.439. The molecule has 9 heavy (non-hydrogen) atoms. The first-order valence-corrected chi connectivity index (χ1v) is 3.20. The maximum atomic E-state index is 5.50. The highest BCUT2D eigenvalue weighted by atomic mass is 35.5. The second-order valence-electron chi connectivity index (χ2n) is 1.79. The topological polar surface area (TPSA) is 25.8 Å². The number of aromatic nitrogens is 2. The van der Waals surface area contributed by atoms with Crippen molar-refractivity contribution in [1.82, 2.24) is 9.97 Å². The van der Waals surface area contributed by atoms with Crippen LogP contribution in [0, 0.1) is 6.92 Å². The van der Waals surface area contributed by atoms with Crippen LogP contribution in [0.4, 0.5) is 0 Å². The standard InChI is InChI=1S/C6H7ClN2/c1-5-3-8-4-6(2-7)9-5/h3-4H,2H2,1H3. The van der Waals surface area contributed by atoms with Gasteiger partial charge in [0.05, 0.1) is 17.3 Å². The second kappa shape index (κ2) is 2.78. The van der Waals surface area contributed by atoms with Crippen LogP contribution in [0.25, 0.3) is 0 Å². The van der Waals surface area contributed by atoms with Gasteiger partial charge < -0.3 is 0 Å². The number of alkyl halides is 1. The Morgan fingerprint density at radius 1 is 1.56 bits per heavy atom. The maximum absolute atomic E-state index is 5.50. The van der Waals surface area contributed by atoms with Crippen molar-refractivity contribution in [2.45, 2.75) is 12.8 Å². The number of hydrogen-bond donors (Lipinski definition) is 0. The molecule has 0 saturated carbocycles. The Kier molecular flexibility index (Phi) is 2.01. The van der Waals surface area contributed by atoms with E-state index in [1.54, 1.807) is 12.4 Å². The third-order valence-corrected chi connectivity index (χ3v) is 1.22. The predicted molar refractivity (Wildman–Crippen MR) is 36.3 cm³/mol. The summed E-state index contributed by atoms with van der Waals surface area (Å²) in [6, 6.07) is 0. The smallest absolute Gasteiger partial charge is 0.0737 e. The molecule has 0 aromatic carbocycles. The average molecular weight is 143 g/mol. The molecule has 0 fully saturated rings. The van der Waals surface area contributed by atoms with Crippen molar-refractivity contribution in [2.24, 2.45) is 0 Å². The van der Waals surface area contributed by atoms with E-state index < -0.39 is 0 Å². The molecule has 48 valence electrons. The molecule has 3 heteroatoms. The van der Waals surface area contributed by atoms with E-state index in [1.165, 1.54) is 0 Å². The van der Waals surface area contributed by atoms with Crippen LogP contribution in [-0.4, -0.2) is 9.97 Å². The Labute approximate surface area is 58.9 Å². The second-order valence-corrected chi connectivity index (χ2v) is 2.05. The minimum Gasteiger partial charge on any atom is -0.261 e. The number of aryl methyl sites for hydroxylation is 1. The molecule has 0 aliphatic carbocycles. The highest BCUT2D eigenvalue weighted by Gasteiger charge is 1.90. The molecule has 0 radical (unpaired) electrons. The van der Waals surface area contributed by atoms with Crippen molar-refractivity contribution >= 4 is 11.6 Å². The zero-order valence-corrected chi connectivity index (χ0v) is 5.89. The maximum Gasteiger partial charge on any atom is 0.0737 e. The molecule has 1 rings (SSSR count). The van der Waals surface area contributed by atoms with E-state index in [0.717, 1.165) is 11.4 Å². The molecule has 0 bridgehead atoms. The number of rotatable bonds is 1. The van der Waals surface area contributed by atoms with Crippen LogP contribution in [0.3, 0.4) is 0 Å². The molecule has 0 spiro atoms. The summed E-state index contributed by atoms with van der Waals surface area (Å²) in [4.78, 5) is 8.01. The molecule has 0 unspecified atom stereocenters. The molecule has 0 saturated heterocycles. The molecule has 0 aliphatic heterocycles. The van der Waals surface area contributed by atoms with Crippen LogP contribution >= 0.6 is 11.6 Å². The zero-order chi connectivity index (χ0) is 6.69. The fourth-order valence-corrected chi connectivity index (χ4v) is 0.709. The van der Waals surface area contributed by atoms with Gasteiger partial charge in [0, 0.05) is 12.4 Å². The van der Waals surface area contributed by atoms with Gasteiger partial charge in [0.2, 0.25) is 0 Å². The van der Waals surface area contributed by atoms with E-state index in [1.807, 2.05) is 6.92 Å². The van der Waals surface area contributed by atoms with Gasteiger partial charge in [-0.25, -0.2) is 0 Å². The summed E-state index contributed by atoms with van der Waals surface area (Å²) < 4.78 is 0. The third-order valence-electron chi connectivity index (χ3n) is 0.942. The third kappa shape index (κ3) is 1.64. The number of nitrogens with zero attached hydrogens (tertiary/aromatic N) is 2. The SMILES string of the molecule is Cc1cncc(CCl)n1. The van der Waals surface area contributed by atoms with Gasteiger partial charge >= 0.3 is 0 Å². The highest BCUT2D eigenvalue weighted by molar-refractivity contribution is 6.16.